The number of aliphatic hydroxyl groups excluding tert-OH is 2. The Bertz CT molecular complexity index is 2670. The molecule has 0 spiro atoms. The summed E-state index contributed by atoms with van der Waals surface area (Å²) in [7, 11) is 0. The zero-order valence-corrected chi connectivity index (χ0v) is 38.8. The fourth-order valence-electron chi connectivity index (χ4n) is 10.9. The van der Waals surface area contributed by atoms with Crippen molar-refractivity contribution < 1.29 is 67.8 Å². The molecular weight excluding hydrogens is 887 g/mol. The van der Waals surface area contributed by atoms with Crippen molar-refractivity contribution in [2.75, 3.05) is 6.61 Å². The Kier molecular flexibility index (Phi) is 13.4. The van der Waals surface area contributed by atoms with Gasteiger partial charge in [0.2, 0.25) is 0 Å². The minimum Gasteiger partial charge on any atom is -0.456 e. The molecule has 1 aliphatic heterocycles. The molecule has 69 heavy (non-hydrogen) atoms. The second-order valence-corrected chi connectivity index (χ2v) is 18.9. The number of ether oxygens (including phenoxy) is 5. The van der Waals surface area contributed by atoms with E-state index in [0.717, 1.165) is 13.0 Å². The zero-order chi connectivity index (χ0) is 49.5. The van der Waals surface area contributed by atoms with E-state index in [4.69, 9.17) is 23.7 Å². The average molecular weight is 942 g/mol. The van der Waals surface area contributed by atoms with Crippen LogP contribution < -0.4 is 5.32 Å². The number of carbonyl (C=O) groups is 6. The number of Topliss-reactive ketones (excluding diaryl/α,β-unsaturated/α-hetero) is 1. The van der Waals surface area contributed by atoms with Crippen LogP contribution in [0.3, 0.4) is 0 Å². The molecule has 15 heteroatoms. The first kappa shape index (κ1) is 48.7. The van der Waals surface area contributed by atoms with Crippen LogP contribution in [0.4, 0.5) is 0 Å². The van der Waals surface area contributed by atoms with Crippen molar-refractivity contribution in [1.29, 1.82) is 0 Å². The van der Waals surface area contributed by atoms with Crippen LogP contribution in [0.1, 0.15) is 85.3 Å². The lowest BCUT2D eigenvalue weighted by Gasteiger charge is -2.67. The minimum absolute atomic E-state index is 0.0341. The molecule has 1 saturated heterocycles. The van der Waals surface area contributed by atoms with Gasteiger partial charge in [-0.25, -0.2) is 14.4 Å². The standard InChI is InChI=1S/C54H55NO14/c1-31-37(66-50(63)43(59)42(34-20-12-7-13-21-34)55-48(61)35-22-14-8-15-23-35)29-54(64)47(68-49(62)36-24-16-9-17-25-36)45-52(5,38(57)28-39-53(45,30-65-39)69-32(2)56)46(60)44(41(31)51(54,3)4)67-40(58)27-26-33-18-10-6-11-19-33/h6-27,37-39,42-45,47,57,59,64H,28-30H2,1-5H3,(H,55,61)/b27-26+/t37-,38-,39+,42?,43?,44+,45?,47-,52+,53-,54+/m0/s1. The molecule has 4 aliphatic rings. The summed E-state index contributed by atoms with van der Waals surface area (Å²) >= 11 is 0. The molecule has 15 nitrogen and oxygen atoms in total. The highest BCUT2D eigenvalue weighted by Gasteiger charge is 2.78. The molecule has 0 aromatic heterocycles. The van der Waals surface area contributed by atoms with Gasteiger partial charge in [0.05, 0.1) is 35.6 Å². The van der Waals surface area contributed by atoms with Crippen LogP contribution in [0.25, 0.3) is 6.08 Å². The number of rotatable bonds is 12. The van der Waals surface area contributed by atoms with Crippen LogP contribution in [-0.4, -0.2) is 105 Å². The maximum absolute atomic E-state index is 15.9. The molecule has 8 rings (SSSR count). The number of fused-ring (bicyclic) bond motifs is 5. The second kappa shape index (κ2) is 19.0. The van der Waals surface area contributed by atoms with Crippen molar-refractivity contribution >= 4 is 41.6 Å². The van der Waals surface area contributed by atoms with Gasteiger partial charge in [0, 0.05) is 36.8 Å². The molecule has 3 unspecified atom stereocenters. The van der Waals surface area contributed by atoms with E-state index in [1.165, 1.54) is 32.1 Å². The number of hydrogen-bond acceptors (Lipinski definition) is 14. The second-order valence-electron chi connectivity index (χ2n) is 18.9. The first-order chi connectivity index (χ1) is 32.8. The fourth-order valence-corrected chi connectivity index (χ4v) is 10.9. The Labute approximate surface area is 399 Å². The van der Waals surface area contributed by atoms with Gasteiger partial charge in [-0.2, -0.15) is 0 Å². The molecule has 2 saturated carbocycles. The number of aliphatic hydroxyl groups is 3. The average Bonchev–Trinajstić information content (AvgIpc) is 3.34. The van der Waals surface area contributed by atoms with E-state index in [1.807, 2.05) is 0 Å². The van der Waals surface area contributed by atoms with E-state index in [0.29, 0.717) is 11.1 Å². The van der Waals surface area contributed by atoms with Gasteiger partial charge in [-0.1, -0.05) is 111 Å². The first-order valence-corrected chi connectivity index (χ1v) is 22.8. The van der Waals surface area contributed by atoms with Crippen molar-refractivity contribution in [1.82, 2.24) is 5.32 Å². The monoisotopic (exact) mass is 941 g/mol. The lowest BCUT2D eigenvalue weighted by atomic mass is 9.44. The number of ketones is 1. The summed E-state index contributed by atoms with van der Waals surface area (Å²) in [6.45, 7) is 6.88. The minimum atomic E-state index is -2.44. The lowest BCUT2D eigenvalue weighted by molar-refractivity contribution is -0.346. The Morgan fingerprint density at radius 2 is 1.39 bits per heavy atom. The maximum Gasteiger partial charge on any atom is 0.338 e. The van der Waals surface area contributed by atoms with Crippen LogP contribution in [0, 0.1) is 16.7 Å². The molecule has 4 aromatic rings. The fraction of sp³-hybridized carbons (Fsp3) is 0.370. The molecule has 1 amide bonds. The van der Waals surface area contributed by atoms with Crippen LogP contribution >= 0.6 is 0 Å². The molecule has 2 bridgehead atoms. The summed E-state index contributed by atoms with van der Waals surface area (Å²) < 4.78 is 30.9. The van der Waals surface area contributed by atoms with Crippen LogP contribution in [0.5, 0.6) is 0 Å². The van der Waals surface area contributed by atoms with Crippen LogP contribution in [-0.2, 0) is 42.9 Å². The van der Waals surface area contributed by atoms with E-state index in [2.05, 4.69) is 5.32 Å². The summed E-state index contributed by atoms with van der Waals surface area (Å²) in [5, 5.41) is 40.9. The summed E-state index contributed by atoms with van der Waals surface area (Å²) in [4.78, 5) is 85.7. The molecule has 11 atom stereocenters. The van der Waals surface area contributed by atoms with Crippen molar-refractivity contribution in [2.45, 2.75) is 101 Å². The van der Waals surface area contributed by atoms with Gasteiger partial charge in [-0.15, -0.1) is 0 Å². The quantitative estimate of drug-likeness (QED) is 0.0603. The number of nitrogens with one attached hydrogen (secondary N) is 1. The van der Waals surface area contributed by atoms with Gasteiger partial charge in [-0.3, -0.25) is 14.4 Å². The zero-order valence-electron chi connectivity index (χ0n) is 38.8. The van der Waals surface area contributed by atoms with Crippen LogP contribution in [0.15, 0.2) is 139 Å². The van der Waals surface area contributed by atoms with Crippen molar-refractivity contribution in [2.24, 2.45) is 16.7 Å². The third kappa shape index (κ3) is 8.69. The van der Waals surface area contributed by atoms with Gasteiger partial charge in [0.15, 0.2) is 23.6 Å². The third-order valence-electron chi connectivity index (χ3n) is 14.6. The number of benzene rings is 4. The summed E-state index contributed by atoms with van der Waals surface area (Å²) in [6, 6.07) is 31.8. The molecule has 0 radical (unpaired) electrons. The van der Waals surface area contributed by atoms with Crippen molar-refractivity contribution in [3.63, 3.8) is 0 Å². The molecule has 360 valence electrons. The van der Waals surface area contributed by atoms with Gasteiger partial charge in [0.1, 0.15) is 23.9 Å². The summed E-state index contributed by atoms with van der Waals surface area (Å²) in [6.07, 6.45) is -8.23. The molecule has 3 aliphatic carbocycles. The smallest absolute Gasteiger partial charge is 0.338 e. The molecule has 4 N–H and O–H groups in total. The first-order valence-electron chi connectivity index (χ1n) is 22.8. The number of hydrogen-bond donors (Lipinski definition) is 4. The highest BCUT2D eigenvalue weighted by atomic mass is 16.6. The van der Waals surface area contributed by atoms with Crippen molar-refractivity contribution in [3.05, 3.63) is 161 Å². The van der Waals surface area contributed by atoms with E-state index >= 15 is 4.79 Å². The SMILES string of the molecule is CC(=O)O[C@@]12CO[C@@H]1C[C@H](O)[C@@]1(C)C(=O)[C@H](OC(=O)/C=C/c3ccccc3)C3=C(C)[C@@H](OC(=O)C(O)C(NC(=O)c4ccccc4)c4ccccc4)C[C@@](O)([C@@H](OC(=O)c4ccccc4)C12)C3(C)C. The summed E-state index contributed by atoms with van der Waals surface area (Å²) in [5.74, 6) is -7.05. The Morgan fingerprint density at radius 3 is 1.97 bits per heavy atom. The maximum atomic E-state index is 15.9. The topological polar surface area (TPSA) is 221 Å². The molecule has 1 heterocycles. The number of carbonyl (C=O) groups excluding carboxylic acids is 6. The van der Waals surface area contributed by atoms with E-state index < -0.39 is 113 Å². The van der Waals surface area contributed by atoms with Gasteiger partial charge in [-0.05, 0) is 66.5 Å². The highest BCUT2D eigenvalue weighted by molar-refractivity contribution is 5.98. The van der Waals surface area contributed by atoms with Gasteiger partial charge >= 0.3 is 23.9 Å². The van der Waals surface area contributed by atoms with Crippen LogP contribution in [0.2, 0.25) is 0 Å². The number of esters is 4. The lowest BCUT2D eigenvalue weighted by Crippen LogP contribution is -2.82. The normalized spacial score (nSPS) is 29.9. The number of amides is 1. The third-order valence-corrected chi connectivity index (χ3v) is 14.6. The predicted molar refractivity (Wildman–Crippen MR) is 247 cm³/mol. The van der Waals surface area contributed by atoms with Gasteiger partial charge in [0.25, 0.3) is 5.91 Å². The Morgan fingerprint density at radius 1 is 0.812 bits per heavy atom. The molecular formula is C54H55NO14. The molecule has 3 fully saturated rings. The van der Waals surface area contributed by atoms with E-state index in [-0.39, 0.29) is 35.3 Å². The van der Waals surface area contributed by atoms with Crippen molar-refractivity contribution in [3.8, 4) is 0 Å². The molecule has 4 aromatic carbocycles. The van der Waals surface area contributed by atoms with E-state index in [1.54, 1.807) is 123 Å². The summed E-state index contributed by atoms with van der Waals surface area (Å²) in [5.41, 5.74) is -6.68. The highest BCUT2D eigenvalue weighted by Crippen LogP contribution is 2.64. The largest absolute Gasteiger partial charge is 0.456 e. The Hall–Kier alpha value is -6.78. The Balaban J connectivity index is 1.29. The van der Waals surface area contributed by atoms with E-state index in [9.17, 15) is 39.3 Å². The van der Waals surface area contributed by atoms with Gasteiger partial charge < -0.3 is 44.3 Å². The predicted octanol–water partition coefficient (Wildman–Crippen LogP) is 5.43.